The Labute approximate surface area is 190 Å². The first-order valence-electron chi connectivity index (χ1n) is 12.4. The minimum Gasteiger partial charge on any atom is -0.435 e. The van der Waals surface area contributed by atoms with Gasteiger partial charge >= 0.3 is 12.6 Å². The number of rotatable bonds is 6. The molecule has 3 saturated carbocycles. The van der Waals surface area contributed by atoms with Gasteiger partial charge in [0.05, 0.1) is 5.92 Å². The molecule has 4 rings (SSSR count). The Morgan fingerprint density at radius 3 is 2.28 bits per heavy atom. The molecule has 3 aliphatic carbocycles. The summed E-state index contributed by atoms with van der Waals surface area (Å²) in [6, 6.07) is 5.87. The third-order valence-electron chi connectivity index (χ3n) is 8.21. The number of hydrogen-bond donors (Lipinski definition) is 0. The van der Waals surface area contributed by atoms with Crippen LogP contribution in [0.15, 0.2) is 36.4 Å². The highest BCUT2D eigenvalue weighted by Gasteiger charge is 2.43. The number of carbonyl (C=O) groups is 1. The van der Waals surface area contributed by atoms with E-state index in [1.54, 1.807) is 0 Å². The number of allylic oxidation sites excluding steroid dienone is 2. The first kappa shape index (κ1) is 23.3. The quantitative estimate of drug-likeness (QED) is 0.259. The molecule has 0 N–H and O–H groups in total. The Morgan fingerprint density at radius 2 is 1.59 bits per heavy atom. The summed E-state index contributed by atoms with van der Waals surface area (Å²) in [6.45, 7) is -0.740. The van der Waals surface area contributed by atoms with Crippen molar-refractivity contribution in [1.29, 1.82) is 0 Å². The van der Waals surface area contributed by atoms with E-state index in [1.165, 1.54) is 69.2 Å². The monoisotopic (exact) mass is 446 g/mol. The van der Waals surface area contributed by atoms with Crippen molar-refractivity contribution in [3.8, 4) is 11.5 Å². The second kappa shape index (κ2) is 10.8. The van der Waals surface area contributed by atoms with Crippen molar-refractivity contribution >= 4 is 5.97 Å². The predicted molar refractivity (Wildman–Crippen MR) is 121 cm³/mol. The number of hydrogen-bond acceptors (Lipinski definition) is 3. The lowest BCUT2D eigenvalue weighted by molar-refractivity contribution is -0.144. The Bertz CT molecular complexity index is 768. The second-order valence-electron chi connectivity index (χ2n) is 10.0. The van der Waals surface area contributed by atoms with Crippen LogP contribution in [-0.4, -0.2) is 12.6 Å². The standard InChI is InChI=1S/C27H36F2O3/c1-2-4-18-7-9-19(10-8-18)20-11-16-24-21(17-20)5-3-6-25(24)26(30)31-22-12-14-23(15-13-22)32-27(28)29/h2,4,12-15,18-21,24-25,27H,3,5-11,16-17H2,1H3/b4-2+. The summed E-state index contributed by atoms with van der Waals surface area (Å²) in [5, 5.41) is 0. The fourth-order valence-corrected chi connectivity index (χ4v) is 6.68. The average molecular weight is 447 g/mol. The van der Waals surface area contributed by atoms with Gasteiger partial charge in [-0.15, -0.1) is 0 Å². The van der Waals surface area contributed by atoms with Gasteiger partial charge in [-0.3, -0.25) is 4.79 Å². The Hall–Kier alpha value is -1.91. The van der Waals surface area contributed by atoms with Crippen molar-refractivity contribution in [3.05, 3.63) is 36.4 Å². The molecule has 3 fully saturated rings. The molecule has 0 spiro atoms. The highest BCUT2D eigenvalue weighted by molar-refractivity contribution is 5.75. The highest BCUT2D eigenvalue weighted by atomic mass is 19.3. The molecule has 0 amide bonds. The van der Waals surface area contributed by atoms with E-state index >= 15 is 0 Å². The Kier molecular flexibility index (Phi) is 7.85. The number of ether oxygens (including phenoxy) is 2. The van der Waals surface area contributed by atoms with Gasteiger partial charge in [-0.1, -0.05) is 25.0 Å². The van der Waals surface area contributed by atoms with Crippen molar-refractivity contribution < 1.29 is 23.0 Å². The van der Waals surface area contributed by atoms with Crippen molar-refractivity contribution in [2.45, 2.75) is 77.7 Å². The van der Waals surface area contributed by atoms with Crippen molar-refractivity contribution in [2.75, 3.05) is 0 Å². The third-order valence-corrected chi connectivity index (χ3v) is 8.21. The smallest absolute Gasteiger partial charge is 0.387 e. The molecule has 0 bridgehead atoms. The van der Waals surface area contributed by atoms with Crippen LogP contribution in [0.4, 0.5) is 8.78 Å². The molecule has 3 aliphatic rings. The lowest BCUT2D eigenvalue weighted by atomic mass is 9.59. The zero-order valence-corrected chi connectivity index (χ0v) is 19.1. The van der Waals surface area contributed by atoms with Gasteiger partial charge in [0.2, 0.25) is 0 Å². The van der Waals surface area contributed by atoms with Gasteiger partial charge in [0.1, 0.15) is 11.5 Å². The lowest BCUT2D eigenvalue weighted by Crippen LogP contribution is -2.40. The minimum atomic E-state index is -2.86. The van der Waals surface area contributed by atoms with E-state index in [0.717, 1.165) is 37.0 Å². The van der Waals surface area contributed by atoms with Gasteiger partial charge in [-0.2, -0.15) is 8.78 Å². The predicted octanol–water partition coefficient (Wildman–Crippen LogP) is 7.41. The van der Waals surface area contributed by atoms with E-state index in [-0.39, 0.29) is 17.6 Å². The van der Waals surface area contributed by atoms with Crippen molar-refractivity contribution in [2.24, 2.45) is 35.5 Å². The lowest BCUT2D eigenvalue weighted by Gasteiger charge is -2.45. The van der Waals surface area contributed by atoms with Crippen LogP contribution < -0.4 is 9.47 Å². The van der Waals surface area contributed by atoms with Gasteiger partial charge in [0, 0.05) is 0 Å². The molecule has 5 heteroatoms. The molecule has 3 nitrogen and oxygen atoms in total. The summed E-state index contributed by atoms with van der Waals surface area (Å²) in [7, 11) is 0. The highest BCUT2D eigenvalue weighted by Crippen LogP contribution is 2.50. The molecule has 0 heterocycles. The molecular formula is C27H36F2O3. The van der Waals surface area contributed by atoms with Crippen LogP contribution in [0.1, 0.15) is 71.1 Å². The molecule has 0 aromatic heterocycles. The third kappa shape index (κ3) is 5.71. The molecule has 0 radical (unpaired) electrons. The molecular weight excluding hydrogens is 410 g/mol. The first-order chi connectivity index (χ1) is 15.5. The fourth-order valence-electron chi connectivity index (χ4n) is 6.68. The maximum Gasteiger partial charge on any atom is 0.387 e. The summed E-state index contributed by atoms with van der Waals surface area (Å²) in [5.41, 5.74) is 0. The van der Waals surface area contributed by atoms with Crippen molar-refractivity contribution in [3.63, 3.8) is 0 Å². The molecule has 0 aliphatic heterocycles. The molecule has 1 aromatic rings. The fraction of sp³-hybridized carbons (Fsp3) is 0.667. The minimum absolute atomic E-state index is 0.0443. The molecule has 32 heavy (non-hydrogen) atoms. The zero-order valence-electron chi connectivity index (χ0n) is 19.1. The number of halogens is 2. The topological polar surface area (TPSA) is 35.5 Å². The normalized spacial score (nSPS) is 33.1. The maximum atomic E-state index is 13.0. The molecule has 4 unspecified atom stereocenters. The maximum absolute atomic E-state index is 13.0. The number of alkyl halides is 2. The van der Waals surface area contributed by atoms with Crippen LogP contribution in [0.5, 0.6) is 11.5 Å². The van der Waals surface area contributed by atoms with Crippen LogP contribution in [0.3, 0.4) is 0 Å². The molecule has 4 atom stereocenters. The van der Waals surface area contributed by atoms with Crippen LogP contribution in [0, 0.1) is 35.5 Å². The summed E-state index contributed by atoms with van der Waals surface area (Å²) in [6.07, 6.45) is 16.8. The number of benzene rings is 1. The van der Waals surface area contributed by atoms with Gasteiger partial charge in [-0.05, 0) is 112 Å². The zero-order chi connectivity index (χ0) is 22.5. The molecule has 0 saturated heterocycles. The molecule has 1 aromatic carbocycles. The largest absolute Gasteiger partial charge is 0.435 e. The van der Waals surface area contributed by atoms with E-state index in [4.69, 9.17) is 4.74 Å². The number of carbonyl (C=O) groups excluding carboxylic acids is 1. The summed E-state index contributed by atoms with van der Waals surface area (Å²) in [4.78, 5) is 13.0. The van der Waals surface area contributed by atoms with Crippen molar-refractivity contribution in [1.82, 2.24) is 0 Å². The second-order valence-corrected chi connectivity index (χ2v) is 10.0. The number of esters is 1. The Morgan fingerprint density at radius 1 is 0.906 bits per heavy atom. The first-order valence-corrected chi connectivity index (χ1v) is 12.4. The van der Waals surface area contributed by atoms with Gasteiger partial charge in [0.15, 0.2) is 0 Å². The van der Waals surface area contributed by atoms with Crippen LogP contribution in [0.2, 0.25) is 0 Å². The van der Waals surface area contributed by atoms with Crippen LogP contribution >= 0.6 is 0 Å². The molecule has 176 valence electrons. The van der Waals surface area contributed by atoms with E-state index in [1.807, 2.05) is 0 Å². The van der Waals surface area contributed by atoms with Gasteiger partial charge in [0.25, 0.3) is 0 Å². The Balaban J connectivity index is 1.31. The summed E-state index contributed by atoms with van der Waals surface area (Å²) < 4.78 is 34.6. The van der Waals surface area contributed by atoms with Crippen LogP contribution in [0.25, 0.3) is 0 Å². The van der Waals surface area contributed by atoms with E-state index in [0.29, 0.717) is 17.6 Å². The summed E-state index contributed by atoms with van der Waals surface area (Å²) in [5.74, 6) is 3.77. The van der Waals surface area contributed by atoms with E-state index in [9.17, 15) is 13.6 Å². The number of fused-ring (bicyclic) bond motifs is 1. The van der Waals surface area contributed by atoms with E-state index < -0.39 is 6.61 Å². The summed E-state index contributed by atoms with van der Waals surface area (Å²) >= 11 is 0. The van der Waals surface area contributed by atoms with Gasteiger partial charge in [-0.25, -0.2) is 0 Å². The SMILES string of the molecule is C/C=C/C1CCC(C2CCC3C(CCCC3C(=O)Oc3ccc(OC(F)F)cc3)C2)CC1. The van der Waals surface area contributed by atoms with E-state index in [2.05, 4.69) is 23.8 Å². The van der Waals surface area contributed by atoms with Gasteiger partial charge < -0.3 is 9.47 Å². The average Bonchev–Trinajstić information content (AvgIpc) is 2.80. The van der Waals surface area contributed by atoms with Crippen LogP contribution in [-0.2, 0) is 4.79 Å².